The highest BCUT2D eigenvalue weighted by molar-refractivity contribution is 14.0. The number of hydrogen-bond donors (Lipinski definition) is 3. The van der Waals surface area contributed by atoms with Gasteiger partial charge in [-0.3, -0.25) is 9.79 Å². The Morgan fingerprint density at radius 2 is 1.97 bits per heavy atom. The van der Waals surface area contributed by atoms with Crippen LogP contribution < -0.4 is 20.7 Å². The lowest BCUT2D eigenvalue weighted by molar-refractivity contribution is -0.115. The zero-order chi connectivity index (χ0) is 21.2. The van der Waals surface area contributed by atoms with E-state index in [-0.39, 0.29) is 42.5 Å². The van der Waals surface area contributed by atoms with Gasteiger partial charge in [-0.15, -0.1) is 30.4 Å². The lowest BCUT2D eigenvalue weighted by Crippen LogP contribution is -2.41. The quantitative estimate of drug-likeness (QED) is 0.226. The number of amides is 1. The van der Waals surface area contributed by atoms with Crippen molar-refractivity contribution in [3.63, 3.8) is 0 Å². The minimum Gasteiger partial charge on any atom is -0.491 e. The van der Waals surface area contributed by atoms with E-state index < -0.39 is 0 Å². The van der Waals surface area contributed by atoms with Gasteiger partial charge in [-0.25, -0.2) is 0 Å². The van der Waals surface area contributed by atoms with Crippen LogP contribution in [0.3, 0.4) is 0 Å². The second-order valence-electron chi connectivity index (χ2n) is 6.83. The maximum atomic E-state index is 12.2. The zero-order valence-electron chi connectivity index (χ0n) is 17.8. The highest BCUT2D eigenvalue weighted by atomic mass is 127. The molecule has 0 saturated carbocycles. The normalized spacial score (nSPS) is 10.6. The Balaban J connectivity index is 0.00000450. The molecule has 2 aromatic rings. The van der Waals surface area contributed by atoms with E-state index in [1.807, 2.05) is 45.0 Å². The first-order chi connectivity index (χ1) is 13.9. The fraction of sp³-hybridized carbons (Fsp3) is 0.304. The van der Waals surface area contributed by atoms with Gasteiger partial charge in [0.05, 0.1) is 12.6 Å². The van der Waals surface area contributed by atoms with Gasteiger partial charge in [-0.05, 0) is 50.6 Å². The van der Waals surface area contributed by atoms with Gasteiger partial charge in [0.15, 0.2) is 5.96 Å². The minimum absolute atomic E-state index is 0. The highest BCUT2D eigenvalue weighted by Crippen LogP contribution is 2.21. The Kier molecular flexibility index (Phi) is 10.8. The molecule has 2 aromatic carbocycles. The number of ether oxygens (including phenoxy) is 1. The van der Waals surface area contributed by atoms with Crippen LogP contribution in [-0.4, -0.2) is 31.6 Å². The van der Waals surface area contributed by atoms with Crippen molar-refractivity contribution in [3.8, 4) is 18.1 Å². The van der Waals surface area contributed by atoms with Gasteiger partial charge in [-0.2, -0.15) is 0 Å². The molecule has 0 unspecified atom stereocenters. The molecule has 0 aliphatic heterocycles. The number of carbonyl (C=O) groups is 1. The average molecular weight is 520 g/mol. The Labute approximate surface area is 195 Å². The third kappa shape index (κ3) is 8.33. The summed E-state index contributed by atoms with van der Waals surface area (Å²) in [4.78, 5) is 16.4. The van der Waals surface area contributed by atoms with E-state index in [2.05, 4.69) is 26.9 Å². The molecule has 0 aromatic heterocycles. The largest absolute Gasteiger partial charge is 0.491 e. The molecule has 0 heterocycles. The molecule has 0 saturated heterocycles. The van der Waals surface area contributed by atoms with Gasteiger partial charge >= 0.3 is 0 Å². The van der Waals surface area contributed by atoms with E-state index in [1.54, 1.807) is 25.2 Å². The Hall–Kier alpha value is -2.73. The van der Waals surface area contributed by atoms with Crippen molar-refractivity contribution in [1.82, 2.24) is 10.6 Å². The summed E-state index contributed by atoms with van der Waals surface area (Å²) in [5, 5.41) is 9.02. The molecule has 160 valence electrons. The van der Waals surface area contributed by atoms with Crippen LogP contribution in [0.4, 0.5) is 5.69 Å². The second-order valence-corrected chi connectivity index (χ2v) is 6.83. The van der Waals surface area contributed by atoms with Crippen LogP contribution in [0, 0.1) is 19.3 Å². The van der Waals surface area contributed by atoms with E-state index in [4.69, 9.17) is 11.2 Å². The number of benzene rings is 2. The summed E-state index contributed by atoms with van der Waals surface area (Å²) in [6.07, 6.45) is 5.47. The monoisotopic (exact) mass is 520 g/mol. The Morgan fingerprint density at radius 3 is 2.63 bits per heavy atom. The number of nitrogens with zero attached hydrogens (tertiary/aromatic N) is 1. The van der Waals surface area contributed by atoms with E-state index >= 15 is 0 Å². The van der Waals surface area contributed by atoms with Crippen LogP contribution in [0.2, 0.25) is 0 Å². The molecular formula is C23H29IN4O2. The summed E-state index contributed by atoms with van der Waals surface area (Å²) in [6, 6.07) is 13.2. The van der Waals surface area contributed by atoms with Crippen molar-refractivity contribution in [1.29, 1.82) is 0 Å². The van der Waals surface area contributed by atoms with Gasteiger partial charge in [-0.1, -0.05) is 24.1 Å². The van der Waals surface area contributed by atoms with Gasteiger partial charge in [0.25, 0.3) is 0 Å². The molecule has 2 rings (SSSR count). The lowest BCUT2D eigenvalue weighted by atomic mass is 10.1. The summed E-state index contributed by atoms with van der Waals surface area (Å²) >= 11 is 0. The fourth-order valence-electron chi connectivity index (χ4n) is 2.63. The van der Waals surface area contributed by atoms with Crippen molar-refractivity contribution in [2.45, 2.75) is 33.4 Å². The van der Waals surface area contributed by atoms with Gasteiger partial charge < -0.3 is 20.7 Å². The van der Waals surface area contributed by atoms with Crippen LogP contribution in [0.5, 0.6) is 5.75 Å². The maximum absolute atomic E-state index is 12.2. The third-order valence-corrected chi connectivity index (χ3v) is 3.98. The number of anilines is 1. The summed E-state index contributed by atoms with van der Waals surface area (Å²) in [5.41, 5.74) is 3.52. The zero-order valence-corrected chi connectivity index (χ0v) is 20.1. The minimum atomic E-state index is -0.193. The average Bonchev–Trinajstić information content (AvgIpc) is 2.69. The Bertz CT molecular complexity index is 920. The van der Waals surface area contributed by atoms with Crippen LogP contribution >= 0.6 is 24.0 Å². The van der Waals surface area contributed by atoms with Crippen molar-refractivity contribution in [2.24, 2.45) is 4.99 Å². The number of aliphatic imine (C=N–C) groups is 1. The van der Waals surface area contributed by atoms with E-state index in [1.165, 1.54) is 0 Å². The topological polar surface area (TPSA) is 74.8 Å². The van der Waals surface area contributed by atoms with Gasteiger partial charge in [0.1, 0.15) is 5.75 Å². The summed E-state index contributed by atoms with van der Waals surface area (Å²) in [7, 11) is 1.66. The van der Waals surface area contributed by atoms with E-state index in [9.17, 15) is 4.79 Å². The summed E-state index contributed by atoms with van der Waals surface area (Å²) in [5.74, 6) is 3.72. The first kappa shape index (κ1) is 25.3. The van der Waals surface area contributed by atoms with Gasteiger partial charge in [0, 0.05) is 30.4 Å². The highest BCUT2D eigenvalue weighted by Gasteiger charge is 2.09. The van der Waals surface area contributed by atoms with Crippen molar-refractivity contribution in [3.05, 3.63) is 59.2 Å². The number of guanidine groups is 1. The number of carbonyl (C=O) groups excluding carboxylic acids is 1. The molecular weight excluding hydrogens is 491 g/mol. The van der Waals surface area contributed by atoms with Crippen LogP contribution in [-0.2, 0) is 11.3 Å². The van der Waals surface area contributed by atoms with Crippen molar-refractivity contribution < 1.29 is 9.53 Å². The number of terminal acetylenes is 1. The maximum Gasteiger partial charge on any atom is 0.243 e. The number of hydrogen-bond acceptors (Lipinski definition) is 3. The number of nitrogens with one attached hydrogen (secondary N) is 3. The number of rotatable bonds is 7. The standard InChI is InChI=1S/C23H28N4O2.HI/c1-6-18-8-7-9-20(13-18)27-22(28)15-26-23(24-5)25-14-19-11-10-17(4)12-21(19)29-16(2)3;/h1,7-13,16H,14-15H2,2-5H3,(H,27,28)(H2,24,25,26);1H. The molecule has 6 nitrogen and oxygen atoms in total. The predicted molar refractivity (Wildman–Crippen MR) is 134 cm³/mol. The van der Waals surface area contributed by atoms with Crippen molar-refractivity contribution in [2.75, 3.05) is 18.9 Å². The molecule has 3 N–H and O–H groups in total. The van der Waals surface area contributed by atoms with E-state index in [0.717, 1.165) is 16.9 Å². The van der Waals surface area contributed by atoms with Gasteiger partial charge in [0.2, 0.25) is 5.91 Å². The third-order valence-electron chi connectivity index (χ3n) is 3.98. The molecule has 0 fully saturated rings. The second kappa shape index (κ2) is 12.8. The van der Waals surface area contributed by atoms with Crippen molar-refractivity contribution >= 4 is 41.5 Å². The summed E-state index contributed by atoms with van der Waals surface area (Å²) in [6.45, 7) is 6.62. The smallest absolute Gasteiger partial charge is 0.243 e. The molecule has 30 heavy (non-hydrogen) atoms. The molecule has 1 amide bonds. The van der Waals surface area contributed by atoms with Crippen LogP contribution in [0.1, 0.15) is 30.5 Å². The predicted octanol–water partition coefficient (Wildman–Crippen LogP) is 3.69. The SMILES string of the molecule is C#Cc1cccc(NC(=O)CNC(=NC)NCc2ccc(C)cc2OC(C)C)c1.I. The summed E-state index contributed by atoms with van der Waals surface area (Å²) < 4.78 is 5.90. The molecule has 0 aliphatic rings. The lowest BCUT2D eigenvalue weighted by Gasteiger charge is -2.17. The molecule has 0 bridgehead atoms. The fourth-order valence-corrected chi connectivity index (χ4v) is 2.63. The number of aryl methyl sites for hydroxylation is 1. The molecule has 7 heteroatoms. The molecule has 0 atom stereocenters. The number of halogens is 1. The molecule has 0 radical (unpaired) electrons. The molecule has 0 spiro atoms. The molecule has 0 aliphatic carbocycles. The van der Waals surface area contributed by atoms with E-state index in [0.29, 0.717) is 23.8 Å². The first-order valence-corrected chi connectivity index (χ1v) is 9.48. The Morgan fingerprint density at radius 1 is 1.20 bits per heavy atom. The first-order valence-electron chi connectivity index (χ1n) is 9.48. The van der Waals surface area contributed by atoms with Crippen LogP contribution in [0.25, 0.3) is 0 Å². The van der Waals surface area contributed by atoms with Crippen LogP contribution in [0.15, 0.2) is 47.5 Å².